The van der Waals surface area contributed by atoms with Crippen molar-refractivity contribution in [3.63, 3.8) is 0 Å². The number of methoxy groups -OCH3 is 1. The predicted molar refractivity (Wildman–Crippen MR) is 101 cm³/mol. The molecule has 25 heavy (non-hydrogen) atoms. The molecule has 0 aromatic heterocycles. The van der Waals surface area contributed by atoms with Crippen molar-refractivity contribution in [2.24, 2.45) is 0 Å². The number of hydrogen-bond donors (Lipinski definition) is 1. The summed E-state index contributed by atoms with van der Waals surface area (Å²) in [5.74, 6) is 0.709. The quantitative estimate of drug-likeness (QED) is 0.751. The summed E-state index contributed by atoms with van der Waals surface area (Å²) in [5.41, 5.74) is 3.55. The number of aliphatic hydroxyl groups excluding tert-OH is 1. The summed E-state index contributed by atoms with van der Waals surface area (Å²) in [6.45, 7) is 13.1. The lowest BCUT2D eigenvalue weighted by atomic mass is 9.78. The Balaban J connectivity index is 3.06. The Labute approximate surface area is 152 Å². The minimum absolute atomic E-state index is 0.0264. The lowest BCUT2D eigenvalue weighted by Crippen LogP contribution is -2.19. The van der Waals surface area contributed by atoms with Gasteiger partial charge in [-0.1, -0.05) is 53.7 Å². The highest BCUT2D eigenvalue weighted by Gasteiger charge is 2.27. The molecule has 0 heterocycles. The molecule has 0 aliphatic carbocycles. The third-order valence-corrected chi connectivity index (χ3v) is 4.17. The van der Waals surface area contributed by atoms with Crippen molar-refractivity contribution in [2.45, 2.75) is 71.6 Å². The monoisotopic (exact) mass is 350 g/mol. The average Bonchev–Trinajstić information content (AvgIpc) is 2.50. The molecule has 0 aliphatic rings. The molecule has 0 spiro atoms. The van der Waals surface area contributed by atoms with Gasteiger partial charge in [-0.25, -0.2) is 0 Å². The number of carbonyl (C=O) groups excluding carboxylic acids is 1. The van der Waals surface area contributed by atoms with Crippen LogP contribution in [0.3, 0.4) is 0 Å². The first-order chi connectivity index (χ1) is 11.5. The number of hydrogen-bond acceptors (Lipinski definition) is 4. The van der Waals surface area contributed by atoms with Crippen LogP contribution in [-0.2, 0) is 26.8 Å². The summed E-state index contributed by atoms with van der Waals surface area (Å²) in [4.78, 5) is 11.6. The van der Waals surface area contributed by atoms with Crippen LogP contribution in [0, 0.1) is 0 Å². The van der Waals surface area contributed by atoms with Gasteiger partial charge in [0.15, 0.2) is 0 Å². The molecule has 0 amide bonds. The van der Waals surface area contributed by atoms with Crippen LogP contribution in [0.2, 0.25) is 0 Å². The molecule has 0 atom stereocenters. The standard InChI is InChI=1S/C21H34O4/c1-20(2,3)16-13-15(9-8-10-18(23)25-12-11-22)14-17(19(16)24-7)21(4,5)6/h13-14,22H,8-12H2,1-7H3. The second-order valence-electron chi connectivity index (χ2n) is 8.52. The number of aliphatic hydroxyl groups is 1. The van der Waals surface area contributed by atoms with Crippen LogP contribution in [0.25, 0.3) is 0 Å². The lowest BCUT2D eigenvalue weighted by Gasteiger charge is -2.30. The van der Waals surface area contributed by atoms with Crippen molar-refractivity contribution in [3.05, 3.63) is 28.8 Å². The van der Waals surface area contributed by atoms with E-state index in [9.17, 15) is 4.79 Å². The zero-order valence-electron chi connectivity index (χ0n) is 16.9. The Morgan fingerprint density at radius 2 is 1.56 bits per heavy atom. The number of benzene rings is 1. The summed E-state index contributed by atoms with van der Waals surface area (Å²) in [5, 5.41) is 8.69. The smallest absolute Gasteiger partial charge is 0.305 e. The van der Waals surface area contributed by atoms with E-state index < -0.39 is 0 Å². The Kier molecular flexibility index (Phi) is 7.48. The first kappa shape index (κ1) is 21.5. The van der Waals surface area contributed by atoms with E-state index >= 15 is 0 Å². The molecule has 0 radical (unpaired) electrons. The van der Waals surface area contributed by atoms with Crippen LogP contribution < -0.4 is 4.74 Å². The Morgan fingerprint density at radius 3 is 1.96 bits per heavy atom. The van der Waals surface area contributed by atoms with Gasteiger partial charge in [0.2, 0.25) is 0 Å². The summed E-state index contributed by atoms with van der Waals surface area (Å²) in [6.07, 6.45) is 1.90. The molecule has 142 valence electrons. The number of aryl methyl sites for hydroxylation is 1. The van der Waals surface area contributed by atoms with Gasteiger partial charge >= 0.3 is 5.97 Å². The first-order valence-corrected chi connectivity index (χ1v) is 8.99. The van der Waals surface area contributed by atoms with Crippen molar-refractivity contribution in [2.75, 3.05) is 20.3 Å². The van der Waals surface area contributed by atoms with Gasteiger partial charge in [0.1, 0.15) is 12.4 Å². The molecule has 4 heteroatoms. The summed E-state index contributed by atoms with van der Waals surface area (Å²) in [7, 11) is 1.73. The van der Waals surface area contributed by atoms with Gasteiger partial charge in [0.25, 0.3) is 0 Å². The molecule has 0 aliphatic heterocycles. The minimum atomic E-state index is -0.255. The maximum atomic E-state index is 11.6. The normalized spacial score (nSPS) is 12.2. The second kappa shape index (κ2) is 8.70. The van der Waals surface area contributed by atoms with Crippen molar-refractivity contribution in [3.8, 4) is 5.75 Å². The Bertz CT molecular complexity index is 542. The fraction of sp³-hybridized carbons (Fsp3) is 0.667. The molecule has 1 N–H and O–H groups in total. The molecule has 4 nitrogen and oxygen atoms in total. The summed E-state index contributed by atoms with van der Waals surface area (Å²) in [6, 6.07) is 4.40. The van der Waals surface area contributed by atoms with Gasteiger partial charge in [-0.15, -0.1) is 0 Å². The zero-order valence-corrected chi connectivity index (χ0v) is 16.9. The zero-order chi connectivity index (χ0) is 19.3. The van der Waals surface area contributed by atoms with Crippen LogP contribution in [0.15, 0.2) is 12.1 Å². The average molecular weight is 350 g/mol. The molecule has 1 rings (SSSR count). The number of esters is 1. The molecular formula is C21H34O4. The maximum Gasteiger partial charge on any atom is 0.305 e. The van der Waals surface area contributed by atoms with E-state index in [-0.39, 0.29) is 30.0 Å². The van der Waals surface area contributed by atoms with Gasteiger partial charge in [-0.05, 0) is 29.2 Å². The number of ether oxygens (including phenoxy) is 2. The molecular weight excluding hydrogens is 316 g/mol. The van der Waals surface area contributed by atoms with Crippen molar-refractivity contribution in [1.82, 2.24) is 0 Å². The minimum Gasteiger partial charge on any atom is -0.496 e. The van der Waals surface area contributed by atoms with E-state index in [1.165, 1.54) is 16.7 Å². The highest BCUT2D eigenvalue weighted by atomic mass is 16.5. The molecule has 1 aromatic rings. The van der Waals surface area contributed by atoms with Crippen LogP contribution in [0.4, 0.5) is 0 Å². The molecule has 0 bridgehead atoms. The van der Waals surface area contributed by atoms with Crippen LogP contribution in [0.5, 0.6) is 5.75 Å². The lowest BCUT2D eigenvalue weighted by molar-refractivity contribution is -0.144. The van der Waals surface area contributed by atoms with E-state index in [1.807, 2.05) is 0 Å². The maximum absolute atomic E-state index is 11.6. The second-order valence-corrected chi connectivity index (χ2v) is 8.52. The van der Waals surface area contributed by atoms with E-state index in [0.29, 0.717) is 6.42 Å². The summed E-state index contributed by atoms with van der Waals surface area (Å²) >= 11 is 0. The van der Waals surface area contributed by atoms with E-state index in [2.05, 4.69) is 53.7 Å². The van der Waals surface area contributed by atoms with Crippen LogP contribution in [-0.4, -0.2) is 31.4 Å². The van der Waals surface area contributed by atoms with Gasteiger partial charge in [0.05, 0.1) is 13.7 Å². The first-order valence-electron chi connectivity index (χ1n) is 8.99. The molecule has 0 unspecified atom stereocenters. The van der Waals surface area contributed by atoms with E-state index in [0.717, 1.165) is 18.6 Å². The van der Waals surface area contributed by atoms with Crippen molar-refractivity contribution >= 4 is 5.97 Å². The van der Waals surface area contributed by atoms with Crippen LogP contribution >= 0.6 is 0 Å². The topological polar surface area (TPSA) is 55.8 Å². The molecule has 0 saturated heterocycles. The van der Waals surface area contributed by atoms with E-state index in [1.54, 1.807) is 7.11 Å². The Hall–Kier alpha value is -1.55. The highest BCUT2D eigenvalue weighted by Crippen LogP contribution is 2.40. The van der Waals surface area contributed by atoms with Gasteiger partial charge < -0.3 is 14.6 Å². The SMILES string of the molecule is COc1c(C(C)(C)C)cc(CCCC(=O)OCCO)cc1C(C)(C)C. The molecule has 1 aromatic carbocycles. The van der Waals surface area contributed by atoms with Crippen molar-refractivity contribution < 1.29 is 19.4 Å². The van der Waals surface area contributed by atoms with Gasteiger partial charge in [0, 0.05) is 17.5 Å². The largest absolute Gasteiger partial charge is 0.496 e. The fourth-order valence-electron chi connectivity index (χ4n) is 2.84. The van der Waals surface area contributed by atoms with Gasteiger partial charge in [-0.3, -0.25) is 4.79 Å². The van der Waals surface area contributed by atoms with E-state index in [4.69, 9.17) is 14.6 Å². The highest BCUT2D eigenvalue weighted by molar-refractivity contribution is 5.69. The van der Waals surface area contributed by atoms with Crippen molar-refractivity contribution in [1.29, 1.82) is 0 Å². The predicted octanol–water partition coefficient (Wildman–Crippen LogP) is 4.15. The van der Waals surface area contributed by atoms with Gasteiger partial charge in [-0.2, -0.15) is 0 Å². The third-order valence-electron chi connectivity index (χ3n) is 4.17. The summed E-state index contributed by atoms with van der Waals surface area (Å²) < 4.78 is 10.7. The number of rotatable bonds is 7. The molecule has 0 saturated carbocycles. The Morgan fingerprint density at radius 1 is 1.04 bits per heavy atom. The fourth-order valence-corrected chi connectivity index (χ4v) is 2.84. The van der Waals surface area contributed by atoms with Crippen LogP contribution in [0.1, 0.15) is 71.1 Å². The molecule has 0 fully saturated rings. The third kappa shape index (κ3) is 6.35. The number of carbonyl (C=O) groups is 1.